The molecular formula is C30H40N2S. The molecule has 2 aromatic rings. The molecule has 1 N–H and O–H groups in total. The first kappa shape index (κ1) is 26.8. The Morgan fingerprint density at radius 3 is 2.36 bits per heavy atom. The largest absolute Gasteiger partial charge is 0.381 e. The van der Waals surface area contributed by atoms with E-state index >= 15 is 0 Å². The van der Waals surface area contributed by atoms with E-state index in [0.717, 1.165) is 42.3 Å². The molecule has 0 aromatic heterocycles. The van der Waals surface area contributed by atoms with Crippen LogP contribution in [0, 0.1) is 0 Å². The molecule has 33 heavy (non-hydrogen) atoms. The Morgan fingerprint density at radius 1 is 1.06 bits per heavy atom. The van der Waals surface area contributed by atoms with Crippen LogP contribution in [0.3, 0.4) is 0 Å². The van der Waals surface area contributed by atoms with Gasteiger partial charge in [-0.25, -0.2) is 0 Å². The van der Waals surface area contributed by atoms with Crippen molar-refractivity contribution in [3.05, 3.63) is 114 Å². The standard InChI is InChI=1S/C27H32N2S.C3H8/c1-4-5-7-21(2)22(3)28-19-24-8-6-9-26(18-24)25-14-16-29(17-15-25)20-23-10-12-27(30)13-11-23;1-3-2/h4-13,18,25,28,30H,1-3,14-17,19-20H2;3H2,1-2H3/b7-5-;. The van der Waals surface area contributed by atoms with Crippen molar-refractivity contribution in [3.8, 4) is 0 Å². The Balaban J connectivity index is 0.00000122. The van der Waals surface area contributed by atoms with Crippen molar-refractivity contribution >= 4 is 12.6 Å². The van der Waals surface area contributed by atoms with Crippen LogP contribution in [0.4, 0.5) is 0 Å². The quantitative estimate of drug-likeness (QED) is 0.295. The lowest BCUT2D eigenvalue weighted by atomic mass is 9.88. The first-order valence-corrected chi connectivity index (χ1v) is 12.4. The molecule has 2 aromatic carbocycles. The third kappa shape index (κ3) is 9.49. The van der Waals surface area contributed by atoms with E-state index in [-0.39, 0.29) is 0 Å². The number of benzene rings is 2. The Kier molecular flexibility index (Phi) is 11.9. The smallest absolute Gasteiger partial charge is 0.0400 e. The van der Waals surface area contributed by atoms with Gasteiger partial charge in [-0.3, -0.25) is 4.90 Å². The normalized spacial score (nSPS) is 14.4. The Morgan fingerprint density at radius 2 is 1.73 bits per heavy atom. The van der Waals surface area contributed by atoms with Gasteiger partial charge in [-0.05, 0) is 66.2 Å². The maximum atomic E-state index is 4.37. The van der Waals surface area contributed by atoms with E-state index in [9.17, 15) is 0 Å². The lowest BCUT2D eigenvalue weighted by Gasteiger charge is -2.32. The zero-order valence-electron chi connectivity index (χ0n) is 20.4. The summed E-state index contributed by atoms with van der Waals surface area (Å²) >= 11 is 4.37. The fourth-order valence-electron chi connectivity index (χ4n) is 3.85. The van der Waals surface area contributed by atoms with E-state index in [4.69, 9.17) is 0 Å². The van der Waals surface area contributed by atoms with Crippen LogP contribution in [-0.2, 0) is 13.1 Å². The summed E-state index contributed by atoms with van der Waals surface area (Å²) in [6.07, 6.45) is 9.19. The first-order valence-electron chi connectivity index (χ1n) is 12.0. The number of likely N-dealkylation sites (tertiary alicyclic amines) is 1. The summed E-state index contributed by atoms with van der Waals surface area (Å²) in [6.45, 7) is 20.1. The average molecular weight is 461 g/mol. The third-order valence-electron chi connectivity index (χ3n) is 5.68. The summed E-state index contributed by atoms with van der Waals surface area (Å²) in [5.74, 6) is 0.634. The highest BCUT2D eigenvalue weighted by atomic mass is 32.1. The van der Waals surface area contributed by atoms with Gasteiger partial charge in [0.25, 0.3) is 0 Å². The highest BCUT2D eigenvalue weighted by molar-refractivity contribution is 7.80. The van der Waals surface area contributed by atoms with Gasteiger partial charge < -0.3 is 5.32 Å². The molecule has 1 aliphatic heterocycles. The molecule has 1 heterocycles. The summed E-state index contributed by atoms with van der Waals surface area (Å²) in [5.41, 5.74) is 5.82. The molecule has 3 heteroatoms. The molecule has 0 atom stereocenters. The molecule has 1 fully saturated rings. The molecule has 176 valence electrons. The molecule has 0 saturated carbocycles. The van der Waals surface area contributed by atoms with Crippen molar-refractivity contribution in [3.63, 3.8) is 0 Å². The van der Waals surface area contributed by atoms with Crippen LogP contribution < -0.4 is 5.32 Å². The molecule has 1 aliphatic rings. The van der Waals surface area contributed by atoms with Gasteiger partial charge in [-0.15, -0.1) is 12.6 Å². The Labute approximate surface area is 207 Å². The van der Waals surface area contributed by atoms with Gasteiger partial charge >= 0.3 is 0 Å². The molecule has 0 aliphatic carbocycles. The van der Waals surface area contributed by atoms with Crippen molar-refractivity contribution in [2.75, 3.05) is 13.1 Å². The second-order valence-electron chi connectivity index (χ2n) is 8.62. The number of nitrogens with zero attached hydrogens (tertiary/aromatic N) is 1. The maximum absolute atomic E-state index is 4.37. The number of piperidine rings is 1. The highest BCUT2D eigenvalue weighted by Crippen LogP contribution is 2.29. The molecule has 0 radical (unpaired) electrons. The molecule has 0 amide bonds. The van der Waals surface area contributed by atoms with E-state index in [1.807, 2.05) is 12.2 Å². The van der Waals surface area contributed by atoms with Gasteiger partial charge in [0.05, 0.1) is 0 Å². The van der Waals surface area contributed by atoms with Gasteiger partial charge in [0, 0.05) is 23.7 Å². The van der Waals surface area contributed by atoms with Crippen LogP contribution in [0.5, 0.6) is 0 Å². The SMILES string of the molecule is C=C/C=C\C(=C)C(=C)NCc1cccc(C2CCN(Cc3ccc(S)cc3)CC2)c1.CCC. The van der Waals surface area contributed by atoms with E-state index in [1.54, 1.807) is 6.08 Å². The monoisotopic (exact) mass is 460 g/mol. The van der Waals surface area contributed by atoms with Crippen molar-refractivity contribution in [2.45, 2.75) is 57.0 Å². The Hall–Kier alpha value is -2.49. The topological polar surface area (TPSA) is 15.3 Å². The zero-order valence-corrected chi connectivity index (χ0v) is 21.3. The molecular weight excluding hydrogens is 420 g/mol. The summed E-state index contributed by atoms with van der Waals surface area (Å²) in [6, 6.07) is 17.5. The van der Waals surface area contributed by atoms with Crippen LogP contribution in [0.2, 0.25) is 0 Å². The predicted octanol–water partition coefficient (Wildman–Crippen LogP) is 7.67. The average Bonchev–Trinajstić information content (AvgIpc) is 2.83. The number of thiol groups is 1. The van der Waals surface area contributed by atoms with E-state index < -0.39 is 0 Å². The van der Waals surface area contributed by atoms with Gasteiger partial charge in [0.15, 0.2) is 0 Å². The minimum absolute atomic E-state index is 0.634. The van der Waals surface area contributed by atoms with Crippen molar-refractivity contribution in [1.29, 1.82) is 0 Å². The van der Waals surface area contributed by atoms with Crippen molar-refractivity contribution in [1.82, 2.24) is 10.2 Å². The third-order valence-corrected chi connectivity index (χ3v) is 5.98. The zero-order chi connectivity index (χ0) is 24.1. The van der Waals surface area contributed by atoms with E-state index in [0.29, 0.717) is 5.92 Å². The molecule has 0 bridgehead atoms. The maximum Gasteiger partial charge on any atom is 0.0400 e. The lowest BCUT2D eigenvalue weighted by molar-refractivity contribution is 0.204. The number of allylic oxidation sites excluding steroid dienone is 3. The van der Waals surface area contributed by atoms with Gasteiger partial charge in [-0.1, -0.05) is 94.6 Å². The Bertz CT molecular complexity index is 919. The van der Waals surface area contributed by atoms with E-state index in [2.05, 4.69) is 105 Å². The molecule has 0 unspecified atom stereocenters. The molecule has 1 saturated heterocycles. The fourth-order valence-corrected chi connectivity index (χ4v) is 4.00. The molecule has 3 rings (SSSR count). The van der Waals surface area contributed by atoms with E-state index in [1.165, 1.54) is 36.0 Å². The summed E-state index contributed by atoms with van der Waals surface area (Å²) < 4.78 is 0. The van der Waals surface area contributed by atoms with Crippen molar-refractivity contribution in [2.24, 2.45) is 0 Å². The van der Waals surface area contributed by atoms with Crippen LogP contribution in [0.15, 0.2) is 103 Å². The second-order valence-corrected chi connectivity index (χ2v) is 9.14. The first-order chi connectivity index (χ1) is 16.0. The number of hydrogen-bond acceptors (Lipinski definition) is 3. The van der Waals surface area contributed by atoms with Crippen LogP contribution >= 0.6 is 12.6 Å². The van der Waals surface area contributed by atoms with Gasteiger partial charge in [0.2, 0.25) is 0 Å². The second kappa shape index (κ2) is 14.6. The molecule has 0 spiro atoms. The molecule has 2 nitrogen and oxygen atoms in total. The predicted molar refractivity (Wildman–Crippen MR) is 148 cm³/mol. The van der Waals surface area contributed by atoms with Crippen LogP contribution in [0.25, 0.3) is 0 Å². The summed E-state index contributed by atoms with van der Waals surface area (Å²) in [7, 11) is 0. The lowest BCUT2D eigenvalue weighted by Crippen LogP contribution is -2.32. The number of nitrogens with one attached hydrogen (secondary N) is 1. The minimum atomic E-state index is 0.634. The van der Waals surface area contributed by atoms with Crippen LogP contribution in [-0.4, -0.2) is 18.0 Å². The van der Waals surface area contributed by atoms with Crippen molar-refractivity contribution < 1.29 is 0 Å². The fraction of sp³-hybridized carbons (Fsp3) is 0.333. The minimum Gasteiger partial charge on any atom is -0.381 e. The number of rotatable bonds is 9. The van der Waals surface area contributed by atoms with Gasteiger partial charge in [0.1, 0.15) is 0 Å². The van der Waals surface area contributed by atoms with Gasteiger partial charge in [-0.2, -0.15) is 0 Å². The summed E-state index contributed by atoms with van der Waals surface area (Å²) in [5, 5.41) is 3.38. The highest BCUT2D eigenvalue weighted by Gasteiger charge is 2.20. The van der Waals surface area contributed by atoms with Crippen LogP contribution in [0.1, 0.15) is 55.7 Å². The summed E-state index contributed by atoms with van der Waals surface area (Å²) in [4.78, 5) is 3.58. The number of hydrogen-bond donors (Lipinski definition) is 2.